The summed E-state index contributed by atoms with van der Waals surface area (Å²) >= 11 is 3.28. The molecule has 0 saturated heterocycles. The van der Waals surface area contributed by atoms with Gasteiger partial charge in [0, 0.05) is 16.2 Å². The second-order valence-corrected chi connectivity index (χ2v) is 7.09. The van der Waals surface area contributed by atoms with E-state index in [4.69, 9.17) is 5.21 Å². The molecule has 0 bridgehead atoms. The Labute approximate surface area is 142 Å². The van der Waals surface area contributed by atoms with Crippen LogP contribution in [0.4, 0.5) is 5.69 Å². The molecule has 120 valence electrons. The summed E-state index contributed by atoms with van der Waals surface area (Å²) in [4.78, 5) is 11.0. The number of halogens is 1. The minimum Gasteiger partial charge on any atom is -0.288 e. The molecule has 2 aromatic carbocycles. The van der Waals surface area contributed by atoms with Crippen molar-refractivity contribution in [3.05, 3.63) is 64.6 Å². The summed E-state index contributed by atoms with van der Waals surface area (Å²) in [5.74, 6) is -0.668. The normalized spacial score (nSPS) is 11.4. The molecule has 0 saturated carbocycles. The van der Waals surface area contributed by atoms with Gasteiger partial charge in [-0.15, -0.1) is 0 Å². The summed E-state index contributed by atoms with van der Waals surface area (Å²) in [5.41, 5.74) is 2.54. The van der Waals surface area contributed by atoms with Gasteiger partial charge in [0.15, 0.2) is 0 Å². The van der Waals surface area contributed by atoms with Crippen molar-refractivity contribution < 1.29 is 18.4 Å². The topological polar surface area (TPSA) is 95.5 Å². The predicted molar refractivity (Wildman–Crippen MR) is 90.4 cm³/mol. The summed E-state index contributed by atoms with van der Waals surface area (Å²) in [6, 6.07) is 12.7. The van der Waals surface area contributed by atoms with E-state index >= 15 is 0 Å². The standard InChI is InChI=1S/C15H13BrN2O4S/c16-12-4-6-13(7-5-12)18-23(21,22)14-8-1-11(2-9-14)3-10-15(19)17-20/h1-10,18,20H,(H,17,19)/b10-3+. The Kier molecular flexibility index (Phi) is 5.54. The number of hydrogen-bond acceptors (Lipinski definition) is 4. The van der Waals surface area contributed by atoms with Crippen LogP contribution in [0.2, 0.25) is 0 Å². The van der Waals surface area contributed by atoms with Crippen molar-refractivity contribution in [2.45, 2.75) is 4.90 Å². The van der Waals surface area contributed by atoms with E-state index in [9.17, 15) is 13.2 Å². The Hall–Kier alpha value is -2.16. The zero-order valence-electron chi connectivity index (χ0n) is 11.7. The Bertz CT molecular complexity index is 816. The molecule has 8 heteroatoms. The van der Waals surface area contributed by atoms with Gasteiger partial charge < -0.3 is 0 Å². The van der Waals surface area contributed by atoms with Crippen molar-refractivity contribution in [3.63, 3.8) is 0 Å². The molecule has 0 aliphatic carbocycles. The lowest BCUT2D eigenvalue weighted by atomic mass is 10.2. The monoisotopic (exact) mass is 396 g/mol. The molecule has 0 aliphatic rings. The first-order chi connectivity index (χ1) is 10.9. The Morgan fingerprint density at radius 2 is 1.65 bits per heavy atom. The van der Waals surface area contributed by atoms with Crippen molar-refractivity contribution in [2.75, 3.05) is 4.72 Å². The summed E-state index contributed by atoms with van der Waals surface area (Å²) in [7, 11) is -3.69. The molecule has 0 atom stereocenters. The van der Waals surface area contributed by atoms with Crippen molar-refractivity contribution in [3.8, 4) is 0 Å². The van der Waals surface area contributed by atoms with E-state index in [1.54, 1.807) is 36.4 Å². The number of carbonyl (C=O) groups excluding carboxylic acids is 1. The fourth-order valence-electron chi connectivity index (χ4n) is 1.70. The van der Waals surface area contributed by atoms with Gasteiger partial charge in [-0.2, -0.15) is 0 Å². The van der Waals surface area contributed by atoms with E-state index in [2.05, 4.69) is 20.7 Å². The molecule has 3 N–H and O–H groups in total. The van der Waals surface area contributed by atoms with E-state index < -0.39 is 15.9 Å². The van der Waals surface area contributed by atoms with Gasteiger partial charge in [0.05, 0.1) is 4.90 Å². The third kappa shape index (κ3) is 4.92. The number of anilines is 1. The second kappa shape index (κ2) is 7.40. The number of sulfonamides is 1. The van der Waals surface area contributed by atoms with Gasteiger partial charge in [-0.1, -0.05) is 28.1 Å². The van der Waals surface area contributed by atoms with Gasteiger partial charge in [-0.3, -0.25) is 14.7 Å². The lowest BCUT2D eigenvalue weighted by Crippen LogP contribution is -2.14. The van der Waals surface area contributed by atoms with Gasteiger partial charge in [-0.05, 0) is 48.0 Å². The maximum Gasteiger partial charge on any atom is 0.267 e. The molecule has 0 heterocycles. The van der Waals surface area contributed by atoms with Gasteiger partial charge in [0.1, 0.15) is 0 Å². The first-order valence-electron chi connectivity index (χ1n) is 6.41. The van der Waals surface area contributed by atoms with Crippen LogP contribution in [0.3, 0.4) is 0 Å². The van der Waals surface area contributed by atoms with E-state index in [0.717, 1.165) is 10.5 Å². The fraction of sp³-hybridized carbons (Fsp3) is 0. The van der Waals surface area contributed by atoms with Crippen LogP contribution in [-0.4, -0.2) is 19.5 Å². The molecular formula is C15H13BrN2O4S. The lowest BCUT2D eigenvalue weighted by molar-refractivity contribution is -0.124. The Morgan fingerprint density at radius 1 is 1.04 bits per heavy atom. The molecule has 1 amide bonds. The molecule has 6 nitrogen and oxygen atoms in total. The second-order valence-electron chi connectivity index (χ2n) is 4.49. The molecule has 0 radical (unpaired) electrons. The van der Waals surface area contributed by atoms with Crippen molar-refractivity contribution >= 4 is 43.6 Å². The third-order valence-electron chi connectivity index (χ3n) is 2.82. The minimum atomic E-state index is -3.69. The zero-order valence-corrected chi connectivity index (χ0v) is 14.1. The number of hydroxylamine groups is 1. The molecule has 0 spiro atoms. The van der Waals surface area contributed by atoms with E-state index in [1.165, 1.54) is 23.7 Å². The number of hydrogen-bond donors (Lipinski definition) is 3. The first-order valence-corrected chi connectivity index (χ1v) is 8.69. The van der Waals surface area contributed by atoms with Crippen LogP contribution in [0.1, 0.15) is 5.56 Å². The quantitative estimate of drug-likeness (QED) is 0.411. The van der Waals surface area contributed by atoms with Gasteiger partial charge in [-0.25, -0.2) is 13.9 Å². The molecule has 2 rings (SSSR count). The first kappa shape index (κ1) is 17.2. The highest BCUT2D eigenvalue weighted by atomic mass is 79.9. The van der Waals surface area contributed by atoms with Crippen LogP contribution < -0.4 is 10.2 Å². The summed E-state index contributed by atoms with van der Waals surface area (Å²) in [6.07, 6.45) is 2.58. The average Bonchev–Trinajstić information content (AvgIpc) is 2.55. The molecule has 0 aromatic heterocycles. The van der Waals surface area contributed by atoms with Crippen LogP contribution in [0.15, 0.2) is 64.0 Å². The molecular weight excluding hydrogens is 384 g/mol. The highest BCUT2D eigenvalue weighted by Crippen LogP contribution is 2.19. The van der Waals surface area contributed by atoms with Crippen molar-refractivity contribution in [1.29, 1.82) is 0 Å². The third-order valence-corrected chi connectivity index (χ3v) is 4.75. The molecule has 2 aromatic rings. The summed E-state index contributed by atoms with van der Waals surface area (Å²) in [6.45, 7) is 0. The largest absolute Gasteiger partial charge is 0.288 e. The van der Waals surface area contributed by atoms with Crippen LogP contribution in [-0.2, 0) is 14.8 Å². The van der Waals surface area contributed by atoms with Crippen molar-refractivity contribution in [1.82, 2.24) is 5.48 Å². The number of rotatable bonds is 5. The van der Waals surface area contributed by atoms with E-state index in [0.29, 0.717) is 11.3 Å². The molecule has 23 heavy (non-hydrogen) atoms. The van der Waals surface area contributed by atoms with Crippen LogP contribution in [0.25, 0.3) is 6.08 Å². The van der Waals surface area contributed by atoms with E-state index in [-0.39, 0.29) is 4.90 Å². The van der Waals surface area contributed by atoms with Crippen LogP contribution in [0, 0.1) is 0 Å². The minimum absolute atomic E-state index is 0.101. The number of carbonyl (C=O) groups is 1. The summed E-state index contributed by atoms with van der Waals surface area (Å²) in [5, 5.41) is 8.38. The molecule has 0 fully saturated rings. The van der Waals surface area contributed by atoms with E-state index in [1.807, 2.05) is 0 Å². The van der Waals surface area contributed by atoms with Gasteiger partial charge in [0.2, 0.25) is 0 Å². The van der Waals surface area contributed by atoms with Crippen LogP contribution >= 0.6 is 15.9 Å². The summed E-state index contributed by atoms with van der Waals surface area (Å²) < 4.78 is 27.9. The van der Waals surface area contributed by atoms with Crippen molar-refractivity contribution in [2.24, 2.45) is 0 Å². The van der Waals surface area contributed by atoms with Crippen LogP contribution in [0.5, 0.6) is 0 Å². The Morgan fingerprint density at radius 3 is 2.22 bits per heavy atom. The number of amides is 1. The number of nitrogens with one attached hydrogen (secondary N) is 2. The maximum atomic E-state index is 12.3. The van der Waals surface area contributed by atoms with Gasteiger partial charge >= 0.3 is 0 Å². The highest BCUT2D eigenvalue weighted by molar-refractivity contribution is 9.10. The predicted octanol–water partition coefficient (Wildman–Crippen LogP) is 2.77. The lowest BCUT2D eigenvalue weighted by Gasteiger charge is -2.08. The molecule has 0 unspecified atom stereocenters. The highest BCUT2D eigenvalue weighted by Gasteiger charge is 2.13. The fourth-order valence-corrected chi connectivity index (χ4v) is 3.02. The zero-order chi connectivity index (χ0) is 16.9. The molecule has 0 aliphatic heterocycles. The Balaban J connectivity index is 2.15. The smallest absolute Gasteiger partial charge is 0.267 e. The number of benzene rings is 2. The SMILES string of the molecule is O=C(/C=C/c1ccc(S(=O)(=O)Nc2ccc(Br)cc2)cc1)NO. The maximum absolute atomic E-state index is 12.3. The average molecular weight is 397 g/mol. The van der Waals surface area contributed by atoms with Gasteiger partial charge in [0.25, 0.3) is 15.9 Å².